The fraction of sp³-hybridized carbons (Fsp3) is 0.400. The summed E-state index contributed by atoms with van der Waals surface area (Å²) in [6.07, 6.45) is 0. The highest BCUT2D eigenvalue weighted by atomic mass is 32.2. The van der Waals surface area contributed by atoms with Crippen molar-refractivity contribution in [1.29, 1.82) is 0 Å². The van der Waals surface area contributed by atoms with Crippen LogP contribution in [-0.4, -0.2) is 21.0 Å². The van der Waals surface area contributed by atoms with E-state index in [9.17, 15) is 4.79 Å². The summed E-state index contributed by atoms with van der Waals surface area (Å²) in [5.74, 6) is 5.70. The third-order valence-corrected chi connectivity index (χ3v) is 2.92. The first-order valence-corrected chi connectivity index (χ1v) is 4.91. The molecule has 0 saturated heterocycles. The molecule has 1 rings (SSSR count). The van der Waals surface area contributed by atoms with E-state index < -0.39 is 0 Å². The number of aromatic nitrogens is 2. The maximum Gasteiger partial charge on any atom is 0.244 e. The van der Waals surface area contributed by atoms with Gasteiger partial charge in [0.25, 0.3) is 0 Å². The molecule has 0 radical (unpaired) electrons. The Labute approximate surface area is 77.9 Å². The van der Waals surface area contributed by atoms with Gasteiger partial charge in [-0.1, -0.05) is 11.8 Å². The number of carbonyl (C=O) groups excluding carboxylic acids is 1. The molecular weight excluding hydrogens is 196 g/mol. The summed E-state index contributed by atoms with van der Waals surface area (Å²) in [4.78, 5) is 14.8. The Kier molecular flexibility index (Phi) is 3.45. The molecule has 5 nitrogen and oxygen atoms in total. The van der Waals surface area contributed by atoms with Crippen molar-refractivity contribution in [3.63, 3.8) is 0 Å². The van der Waals surface area contributed by atoms with E-state index in [1.807, 2.05) is 12.3 Å². The Balaban J connectivity index is 2.38. The lowest BCUT2D eigenvalue weighted by molar-refractivity contribution is -0.118. The summed E-state index contributed by atoms with van der Waals surface area (Å²) >= 11 is 2.61. The zero-order valence-electron chi connectivity index (χ0n) is 6.40. The van der Waals surface area contributed by atoms with Crippen LogP contribution in [0.3, 0.4) is 0 Å². The van der Waals surface area contributed by atoms with E-state index in [0.29, 0.717) is 0 Å². The van der Waals surface area contributed by atoms with Crippen molar-refractivity contribution < 1.29 is 4.79 Å². The van der Waals surface area contributed by atoms with Crippen molar-refractivity contribution in [2.24, 2.45) is 5.84 Å². The second kappa shape index (κ2) is 4.39. The van der Waals surface area contributed by atoms with Crippen LogP contribution in [0.25, 0.3) is 0 Å². The lowest BCUT2D eigenvalue weighted by atomic mass is 10.7. The Morgan fingerprint density at radius 1 is 1.83 bits per heavy atom. The van der Waals surface area contributed by atoms with Gasteiger partial charge in [-0.25, -0.2) is 10.8 Å². The predicted molar refractivity (Wildman–Crippen MR) is 47.7 cm³/mol. The average molecular weight is 204 g/mol. The van der Waals surface area contributed by atoms with Gasteiger partial charge in [-0.15, -0.1) is 0 Å². The van der Waals surface area contributed by atoms with Gasteiger partial charge in [-0.05, 0) is 18.5 Å². The van der Waals surface area contributed by atoms with Crippen molar-refractivity contribution in [1.82, 2.24) is 14.8 Å². The van der Waals surface area contributed by atoms with Crippen molar-refractivity contribution in [2.45, 2.75) is 11.3 Å². The van der Waals surface area contributed by atoms with Crippen LogP contribution in [0.5, 0.6) is 0 Å². The van der Waals surface area contributed by atoms with E-state index in [1.165, 1.54) is 23.3 Å². The van der Waals surface area contributed by atoms with Crippen LogP contribution in [0, 0.1) is 6.92 Å². The van der Waals surface area contributed by atoms with Crippen LogP contribution in [0.2, 0.25) is 0 Å². The van der Waals surface area contributed by atoms with Crippen LogP contribution >= 0.6 is 23.3 Å². The molecule has 0 spiro atoms. The highest BCUT2D eigenvalue weighted by Crippen LogP contribution is 2.18. The smallest absolute Gasteiger partial charge is 0.244 e. The van der Waals surface area contributed by atoms with Gasteiger partial charge in [0.1, 0.15) is 5.82 Å². The van der Waals surface area contributed by atoms with Gasteiger partial charge >= 0.3 is 0 Å². The van der Waals surface area contributed by atoms with E-state index in [4.69, 9.17) is 5.84 Å². The first-order chi connectivity index (χ1) is 5.72. The standard InChI is InChI=1S/C5H8N4OS2/c1-3-7-5(12-9-3)11-2-4(10)8-6/h2,6H2,1H3,(H,8,10). The van der Waals surface area contributed by atoms with Crippen molar-refractivity contribution in [3.8, 4) is 0 Å². The number of nitrogens with two attached hydrogens (primary N) is 1. The molecule has 1 amide bonds. The molecule has 0 atom stereocenters. The molecule has 12 heavy (non-hydrogen) atoms. The highest BCUT2D eigenvalue weighted by Gasteiger charge is 2.03. The van der Waals surface area contributed by atoms with Crippen LogP contribution in [-0.2, 0) is 4.79 Å². The minimum Gasteiger partial charge on any atom is -0.294 e. The maximum absolute atomic E-state index is 10.7. The normalized spacial score (nSPS) is 9.83. The summed E-state index contributed by atoms with van der Waals surface area (Å²) in [7, 11) is 0. The summed E-state index contributed by atoms with van der Waals surface area (Å²) in [6, 6.07) is 0. The number of hydrogen-bond acceptors (Lipinski definition) is 6. The van der Waals surface area contributed by atoms with Crippen LogP contribution in [0.4, 0.5) is 0 Å². The second-order valence-electron chi connectivity index (χ2n) is 1.96. The first kappa shape index (κ1) is 9.43. The zero-order chi connectivity index (χ0) is 8.97. The minimum absolute atomic E-state index is 0.215. The number of aryl methyl sites for hydroxylation is 1. The number of nitrogens with zero attached hydrogens (tertiary/aromatic N) is 2. The first-order valence-electron chi connectivity index (χ1n) is 3.15. The van der Waals surface area contributed by atoms with E-state index in [0.717, 1.165) is 10.2 Å². The van der Waals surface area contributed by atoms with Gasteiger partial charge < -0.3 is 0 Å². The average Bonchev–Trinajstić information content (AvgIpc) is 2.47. The van der Waals surface area contributed by atoms with E-state index in [-0.39, 0.29) is 11.7 Å². The van der Waals surface area contributed by atoms with Gasteiger partial charge in [0.2, 0.25) is 5.91 Å². The topological polar surface area (TPSA) is 80.9 Å². The van der Waals surface area contributed by atoms with Gasteiger partial charge in [-0.3, -0.25) is 10.2 Å². The Bertz CT molecular complexity index is 274. The van der Waals surface area contributed by atoms with Gasteiger partial charge in [-0.2, -0.15) is 4.37 Å². The molecule has 0 aliphatic heterocycles. The second-order valence-corrected chi connectivity index (χ2v) is 3.94. The number of hydrogen-bond donors (Lipinski definition) is 2. The van der Waals surface area contributed by atoms with Gasteiger partial charge in [0.15, 0.2) is 4.34 Å². The quantitative estimate of drug-likeness (QED) is 0.312. The molecule has 3 N–H and O–H groups in total. The summed E-state index contributed by atoms with van der Waals surface area (Å²) in [6.45, 7) is 1.81. The molecule has 0 fully saturated rings. The largest absolute Gasteiger partial charge is 0.294 e. The number of thioether (sulfide) groups is 1. The SMILES string of the molecule is Cc1nsc(SCC(=O)NN)n1. The van der Waals surface area contributed by atoms with E-state index in [2.05, 4.69) is 9.36 Å². The van der Waals surface area contributed by atoms with Crippen molar-refractivity contribution in [2.75, 3.05) is 5.75 Å². The molecule has 0 unspecified atom stereocenters. The number of amides is 1. The molecule has 0 aliphatic rings. The zero-order valence-corrected chi connectivity index (χ0v) is 8.04. The van der Waals surface area contributed by atoms with Crippen LogP contribution in [0.15, 0.2) is 4.34 Å². The fourth-order valence-corrected chi connectivity index (χ4v) is 1.96. The summed E-state index contributed by atoms with van der Waals surface area (Å²) in [5.41, 5.74) is 2.04. The third kappa shape index (κ3) is 2.76. The summed E-state index contributed by atoms with van der Waals surface area (Å²) < 4.78 is 4.76. The molecule has 0 saturated carbocycles. The van der Waals surface area contributed by atoms with Crippen molar-refractivity contribution >= 4 is 29.2 Å². The minimum atomic E-state index is -0.215. The molecule has 0 aliphatic carbocycles. The molecule has 66 valence electrons. The summed E-state index contributed by atoms with van der Waals surface area (Å²) in [5, 5.41) is 0. The van der Waals surface area contributed by atoms with Gasteiger partial charge in [0.05, 0.1) is 5.75 Å². The molecule has 1 heterocycles. The molecular formula is C5H8N4OS2. The maximum atomic E-state index is 10.7. The molecule has 0 bridgehead atoms. The van der Waals surface area contributed by atoms with Crippen molar-refractivity contribution in [3.05, 3.63) is 5.82 Å². The number of hydrazine groups is 1. The van der Waals surface area contributed by atoms with E-state index in [1.54, 1.807) is 0 Å². The lowest BCUT2D eigenvalue weighted by Gasteiger charge is -1.94. The Morgan fingerprint density at radius 3 is 3.08 bits per heavy atom. The number of rotatable bonds is 3. The molecule has 7 heteroatoms. The molecule has 1 aromatic rings. The molecule has 1 aromatic heterocycles. The number of carbonyl (C=O) groups is 1. The fourth-order valence-electron chi connectivity index (χ4n) is 0.506. The van der Waals surface area contributed by atoms with Crippen LogP contribution < -0.4 is 11.3 Å². The van der Waals surface area contributed by atoms with E-state index >= 15 is 0 Å². The van der Waals surface area contributed by atoms with Gasteiger partial charge in [0, 0.05) is 0 Å². The monoisotopic (exact) mass is 204 g/mol. The Hall–Kier alpha value is -0.660. The highest BCUT2D eigenvalue weighted by molar-refractivity contribution is 8.01. The third-order valence-electron chi connectivity index (χ3n) is 0.997. The number of nitrogens with one attached hydrogen (secondary N) is 1. The predicted octanol–water partition coefficient (Wildman–Crippen LogP) is -0.0715. The van der Waals surface area contributed by atoms with Crippen LogP contribution in [0.1, 0.15) is 5.82 Å². The molecule has 0 aromatic carbocycles. The Morgan fingerprint density at radius 2 is 2.58 bits per heavy atom. The lowest BCUT2D eigenvalue weighted by Crippen LogP contribution is -2.31.